The van der Waals surface area contributed by atoms with Crippen LogP contribution >= 0.6 is 11.6 Å². The molecule has 1 unspecified atom stereocenters. The van der Waals surface area contributed by atoms with Crippen molar-refractivity contribution >= 4 is 29.7 Å². The standard InChI is InChI=1S/C12H10ClNO2/c13-9-3-1-2-8(4-9)5-11-12(16)6-10(7-15)14-11/h1-5,7,12,16H,6H2. The summed E-state index contributed by atoms with van der Waals surface area (Å²) in [5.41, 5.74) is 1.74. The highest BCUT2D eigenvalue weighted by atomic mass is 35.5. The third-order valence-electron chi connectivity index (χ3n) is 2.32. The van der Waals surface area contributed by atoms with E-state index >= 15 is 0 Å². The number of carbonyl (C=O) groups is 1. The molecule has 0 saturated heterocycles. The Morgan fingerprint density at radius 2 is 2.31 bits per heavy atom. The first kappa shape index (κ1) is 11.0. The van der Waals surface area contributed by atoms with Gasteiger partial charge < -0.3 is 5.11 Å². The molecule has 0 aromatic heterocycles. The Bertz CT molecular complexity index is 480. The molecule has 1 aliphatic heterocycles. The van der Waals surface area contributed by atoms with Crippen LogP contribution < -0.4 is 0 Å². The monoisotopic (exact) mass is 235 g/mol. The quantitative estimate of drug-likeness (QED) is 0.798. The molecule has 1 aromatic rings. The predicted molar refractivity (Wildman–Crippen MR) is 63.6 cm³/mol. The van der Waals surface area contributed by atoms with Crippen molar-refractivity contribution in [3.63, 3.8) is 0 Å². The molecule has 16 heavy (non-hydrogen) atoms. The van der Waals surface area contributed by atoms with E-state index in [4.69, 9.17) is 11.6 Å². The Labute approximate surface area is 98.1 Å². The SMILES string of the molecule is O=CC1=NC(=Cc2cccc(Cl)c2)C(O)C1. The zero-order chi connectivity index (χ0) is 11.5. The van der Waals surface area contributed by atoms with Crippen molar-refractivity contribution in [1.29, 1.82) is 0 Å². The van der Waals surface area contributed by atoms with Crippen molar-refractivity contribution in [2.24, 2.45) is 4.99 Å². The van der Waals surface area contributed by atoms with Crippen LogP contribution in [0, 0.1) is 0 Å². The number of aliphatic hydroxyl groups excluding tert-OH is 1. The molecule has 0 aliphatic carbocycles. The highest BCUT2D eigenvalue weighted by molar-refractivity contribution is 6.30. The highest BCUT2D eigenvalue weighted by Gasteiger charge is 2.20. The van der Waals surface area contributed by atoms with Gasteiger partial charge in [-0.1, -0.05) is 23.7 Å². The van der Waals surface area contributed by atoms with Gasteiger partial charge in [-0.3, -0.25) is 9.79 Å². The van der Waals surface area contributed by atoms with Crippen molar-refractivity contribution in [1.82, 2.24) is 0 Å². The molecule has 0 fully saturated rings. The van der Waals surface area contributed by atoms with E-state index in [1.54, 1.807) is 18.2 Å². The summed E-state index contributed by atoms with van der Waals surface area (Å²) in [4.78, 5) is 14.5. The van der Waals surface area contributed by atoms with E-state index in [0.717, 1.165) is 5.56 Å². The fourth-order valence-electron chi connectivity index (χ4n) is 1.56. The van der Waals surface area contributed by atoms with Gasteiger partial charge in [0.1, 0.15) is 6.10 Å². The van der Waals surface area contributed by atoms with Gasteiger partial charge in [-0.15, -0.1) is 0 Å². The lowest BCUT2D eigenvalue weighted by molar-refractivity contribution is -0.102. The number of aliphatic imine (C=N–C) groups is 1. The number of aliphatic hydroxyl groups is 1. The molecule has 4 heteroatoms. The van der Waals surface area contributed by atoms with E-state index in [0.29, 0.717) is 22.7 Å². The van der Waals surface area contributed by atoms with Crippen LogP contribution in [0.3, 0.4) is 0 Å². The summed E-state index contributed by atoms with van der Waals surface area (Å²) in [5.74, 6) is 0. The first-order valence-electron chi connectivity index (χ1n) is 4.87. The second-order valence-electron chi connectivity index (χ2n) is 3.57. The van der Waals surface area contributed by atoms with Gasteiger partial charge in [-0.2, -0.15) is 0 Å². The Kier molecular flexibility index (Phi) is 3.17. The molecule has 1 atom stereocenters. The zero-order valence-electron chi connectivity index (χ0n) is 8.43. The summed E-state index contributed by atoms with van der Waals surface area (Å²) in [7, 11) is 0. The number of benzene rings is 1. The molecule has 1 N–H and O–H groups in total. The Morgan fingerprint density at radius 1 is 1.50 bits per heavy atom. The number of halogens is 1. The Balaban J connectivity index is 2.31. The van der Waals surface area contributed by atoms with E-state index in [1.165, 1.54) is 0 Å². The predicted octanol–water partition coefficient (Wildman–Crippen LogP) is 2.09. The molecule has 0 spiro atoms. The minimum Gasteiger partial charge on any atom is -0.386 e. The van der Waals surface area contributed by atoms with Crippen molar-refractivity contribution in [2.75, 3.05) is 0 Å². The van der Waals surface area contributed by atoms with Crippen LogP contribution in [0.2, 0.25) is 5.02 Å². The summed E-state index contributed by atoms with van der Waals surface area (Å²) >= 11 is 5.84. The van der Waals surface area contributed by atoms with Gasteiger partial charge in [-0.05, 0) is 23.8 Å². The molecule has 1 heterocycles. The van der Waals surface area contributed by atoms with Gasteiger partial charge >= 0.3 is 0 Å². The van der Waals surface area contributed by atoms with Crippen LogP contribution in [0.25, 0.3) is 6.08 Å². The zero-order valence-corrected chi connectivity index (χ0v) is 9.19. The van der Waals surface area contributed by atoms with Crippen LogP contribution in [-0.4, -0.2) is 23.2 Å². The third kappa shape index (κ3) is 2.38. The summed E-state index contributed by atoms with van der Waals surface area (Å²) in [6.07, 6.45) is 1.99. The minimum absolute atomic E-state index is 0.288. The number of hydrogen-bond acceptors (Lipinski definition) is 3. The average molecular weight is 236 g/mol. The molecular weight excluding hydrogens is 226 g/mol. The van der Waals surface area contributed by atoms with Crippen molar-refractivity contribution in [2.45, 2.75) is 12.5 Å². The van der Waals surface area contributed by atoms with E-state index in [9.17, 15) is 9.90 Å². The second kappa shape index (κ2) is 4.60. The molecule has 0 radical (unpaired) electrons. The van der Waals surface area contributed by atoms with E-state index in [-0.39, 0.29) is 6.42 Å². The molecule has 0 bridgehead atoms. The van der Waals surface area contributed by atoms with E-state index < -0.39 is 6.10 Å². The maximum atomic E-state index is 10.5. The smallest absolute Gasteiger partial charge is 0.164 e. The fourth-order valence-corrected chi connectivity index (χ4v) is 1.76. The van der Waals surface area contributed by atoms with E-state index in [1.807, 2.05) is 12.1 Å². The fraction of sp³-hybridized carbons (Fsp3) is 0.167. The summed E-state index contributed by atoms with van der Waals surface area (Å²) in [6, 6.07) is 7.23. The molecule has 2 rings (SSSR count). The first-order chi connectivity index (χ1) is 7.69. The van der Waals surface area contributed by atoms with Crippen molar-refractivity contribution in [3.8, 4) is 0 Å². The van der Waals surface area contributed by atoms with Gasteiger partial charge in [0.25, 0.3) is 0 Å². The molecule has 82 valence electrons. The van der Waals surface area contributed by atoms with Crippen molar-refractivity contribution in [3.05, 3.63) is 40.5 Å². The third-order valence-corrected chi connectivity index (χ3v) is 2.55. The van der Waals surface area contributed by atoms with Gasteiger partial charge in [0, 0.05) is 11.4 Å². The topological polar surface area (TPSA) is 49.7 Å². The molecular formula is C12H10ClNO2. The number of rotatable bonds is 2. The Morgan fingerprint density at radius 3 is 2.94 bits per heavy atom. The lowest BCUT2D eigenvalue weighted by Crippen LogP contribution is -2.06. The largest absolute Gasteiger partial charge is 0.386 e. The van der Waals surface area contributed by atoms with Gasteiger partial charge in [0.15, 0.2) is 6.29 Å². The average Bonchev–Trinajstić information content (AvgIpc) is 2.60. The number of carbonyl (C=O) groups excluding carboxylic acids is 1. The van der Waals surface area contributed by atoms with Gasteiger partial charge in [-0.25, -0.2) is 0 Å². The van der Waals surface area contributed by atoms with Crippen LogP contribution in [0.1, 0.15) is 12.0 Å². The number of hydrogen-bond donors (Lipinski definition) is 1. The minimum atomic E-state index is -0.695. The summed E-state index contributed by atoms with van der Waals surface area (Å²) in [6.45, 7) is 0. The lowest BCUT2D eigenvalue weighted by atomic mass is 10.1. The second-order valence-corrected chi connectivity index (χ2v) is 4.00. The van der Waals surface area contributed by atoms with Gasteiger partial charge in [0.2, 0.25) is 0 Å². The van der Waals surface area contributed by atoms with Crippen LogP contribution in [-0.2, 0) is 4.79 Å². The maximum absolute atomic E-state index is 10.5. The molecule has 0 amide bonds. The number of nitrogens with zero attached hydrogens (tertiary/aromatic N) is 1. The van der Waals surface area contributed by atoms with E-state index in [2.05, 4.69) is 4.99 Å². The Hall–Kier alpha value is -1.45. The molecule has 0 saturated carbocycles. The lowest BCUT2D eigenvalue weighted by Gasteiger charge is -2.01. The maximum Gasteiger partial charge on any atom is 0.164 e. The number of aldehydes is 1. The first-order valence-corrected chi connectivity index (χ1v) is 5.25. The van der Waals surface area contributed by atoms with Crippen LogP contribution in [0.15, 0.2) is 35.0 Å². The molecule has 1 aliphatic rings. The molecule has 3 nitrogen and oxygen atoms in total. The molecule has 1 aromatic carbocycles. The van der Waals surface area contributed by atoms with Gasteiger partial charge in [0.05, 0.1) is 11.4 Å². The normalized spacial score (nSPS) is 22.2. The van der Waals surface area contributed by atoms with Crippen LogP contribution in [0.4, 0.5) is 0 Å². The summed E-state index contributed by atoms with van der Waals surface area (Å²) < 4.78 is 0. The van der Waals surface area contributed by atoms with Crippen molar-refractivity contribution < 1.29 is 9.90 Å². The summed E-state index contributed by atoms with van der Waals surface area (Å²) in [5, 5.41) is 10.3. The highest BCUT2D eigenvalue weighted by Crippen LogP contribution is 2.21. The van der Waals surface area contributed by atoms with Crippen LogP contribution in [0.5, 0.6) is 0 Å².